The van der Waals surface area contributed by atoms with Crippen molar-refractivity contribution >= 4 is 29.2 Å². The molecule has 0 amide bonds. The van der Waals surface area contributed by atoms with Gasteiger partial charge in [-0.3, -0.25) is 0 Å². The molecule has 2 aromatic heterocycles. The van der Waals surface area contributed by atoms with E-state index < -0.39 is 5.97 Å². The Bertz CT molecular complexity index is 900. The van der Waals surface area contributed by atoms with Gasteiger partial charge in [0.05, 0.1) is 5.56 Å². The van der Waals surface area contributed by atoms with Gasteiger partial charge in [0.15, 0.2) is 6.61 Å². The van der Waals surface area contributed by atoms with Crippen LogP contribution < -0.4 is 0 Å². The van der Waals surface area contributed by atoms with Crippen molar-refractivity contribution in [3.63, 3.8) is 0 Å². The Morgan fingerprint density at radius 3 is 2.56 bits per heavy atom. The van der Waals surface area contributed by atoms with Gasteiger partial charge in [0.1, 0.15) is 5.15 Å². The number of esters is 1. The summed E-state index contributed by atoms with van der Waals surface area (Å²) in [6.45, 7) is 3.40. The van der Waals surface area contributed by atoms with Gasteiger partial charge in [-0.25, -0.2) is 9.78 Å². The summed E-state index contributed by atoms with van der Waals surface area (Å²) in [6.07, 6.45) is 0. The van der Waals surface area contributed by atoms with Crippen LogP contribution in [-0.2, 0) is 11.3 Å². The normalized spacial score (nSPS) is 10.7. The Labute approximate surface area is 153 Å². The molecule has 3 rings (SSSR count). The second-order valence-corrected chi connectivity index (χ2v) is 6.12. The molecule has 0 aliphatic rings. The van der Waals surface area contributed by atoms with Gasteiger partial charge in [0.25, 0.3) is 5.89 Å². The molecule has 6 nitrogen and oxygen atoms in total. The number of ether oxygens (including phenoxy) is 1. The van der Waals surface area contributed by atoms with Crippen LogP contribution in [0.1, 0.15) is 27.5 Å². The molecule has 0 atom stereocenters. The molecule has 25 heavy (non-hydrogen) atoms. The molecule has 0 aliphatic heterocycles. The highest BCUT2D eigenvalue weighted by atomic mass is 35.5. The summed E-state index contributed by atoms with van der Waals surface area (Å²) in [6, 6.07) is 8.71. The van der Waals surface area contributed by atoms with Crippen molar-refractivity contribution in [2.24, 2.45) is 0 Å². The first-order valence-corrected chi connectivity index (χ1v) is 8.09. The minimum Gasteiger partial charge on any atom is -0.452 e. The molecule has 0 N–H and O–H groups in total. The maximum Gasteiger partial charge on any atom is 0.342 e. The van der Waals surface area contributed by atoms with E-state index in [2.05, 4.69) is 15.2 Å². The molecule has 0 spiro atoms. The number of carbonyl (C=O) groups is 1. The van der Waals surface area contributed by atoms with E-state index in [9.17, 15) is 4.79 Å². The van der Waals surface area contributed by atoms with Crippen molar-refractivity contribution in [1.82, 2.24) is 15.2 Å². The molecule has 0 fully saturated rings. The SMILES string of the molecule is Cc1cc(C)c(C(=O)OCc2nnc(-c3ccc(Cl)cc3)o2)c(Cl)n1. The summed E-state index contributed by atoms with van der Waals surface area (Å²) in [4.78, 5) is 16.3. The summed E-state index contributed by atoms with van der Waals surface area (Å²) >= 11 is 11.9. The van der Waals surface area contributed by atoms with E-state index in [0.29, 0.717) is 16.5 Å². The number of pyridine rings is 1. The first-order chi connectivity index (χ1) is 11.9. The molecule has 2 heterocycles. The zero-order valence-electron chi connectivity index (χ0n) is 13.4. The molecule has 3 aromatic rings. The zero-order chi connectivity index (χ0) is 18.0. The molecule has 0 aliphatic carbocycles. The maximum atomic E-state index is 12.2. The van der Waals surface area contributed by atoms with E-state index in [1.165, 1.54) is 0 Å². The summed E-state index contributed by atoms with van der Waals surface area (Å²) in [5.74, 6) is -0.109. The number of hydrogen-bond donors (Lipinski definition) is 0. The first kappa shape index (κ1) is 17.4. The van der Waals surface area contributed by atoms with Crippen LogP contribution in [0.15, 0.2) is 34.7 Å². The first-order valence-electron chi connectivity index (χ1n) is 7.33. The summed E-state index contributed by atoms with van der Waals surface area (Å²) in [5, 5.41) is 8.50. The lowest BCUT2D eigenvalue weighted by molar-refractivity contribution is 0.0437. The van der Waals surface area contributed by atoms with Crippen LogP contribution in [0.3, 0.4) is 0 Å². The Balaban J connectivity index is 1.70. The van der Waals surface area contributed by atoms with Crippen molar-refractivity contribution in [2.45, 2.75) is 20.5 Å². The van der Waals surface area contributed by atoms with E-state index >= 15 is 0 Å². The Kier molecular flexibility index (Phi) is 5.01. The highest BCUT2D eigenvalue weighted by Crippen LogP contribution is 2.22. The quantitative estimate of drug-likeness (QED) is 0.494. The molecule has 0 saturated heterocycles. The summed E-state index contributed by atoms with van der Waals surface area (Å²) in [7, 11) is 0. The van der Waals surface area contributed by atoms with Crippen LogP contribution >= 0.6 is 23.2 Å². The van der Waals surface area contributed by atoms with Crippen LogP contribution in [0.4, 0.5) is 0 Å². The third-order valence-corrected chi connectivity index (χ3v) is 3.91. The zero-order valence-corrected chi connectivity index (χ0v) is 14.9. The van der Waals surface area contributed by atoms with Crippen LogP contribution in [-0.4, -0.2) is 21.2 Å². The van der Waals surface area contributed by atoms with Gasteiger partial charge in [-0.1, -0.05) is 23.2 Å². The number of aromatic nitrogens is 3. The van der Waals surface area contributed by atoms with Crippen LogP contribution in [0, 0.1) is 13.8 Å². The molecule has 128 valence electrons. The molecular formula is C17H13Cl2N3O3. The highest BCUT2D eigenvalue weighted by Gasteiger charge is 2.18. The predicted molar refractivity (Wildman–Crippen MR) is 92.6 cm³/mol. The van der Waals surface area contributed by atoms with Crippen molar-refractivity contribution in [3.8, 4) is 11.5 Å². The molecular weight excluding hydrogens is 365 g/mol. The van der Waals surface area contributed by atoms with Crippen molar-refractivity contribution in [3.05, 3.63) is 63.2 Å². The molecule has 0 unspecified atom stereocenters. The van der Waals surface area contributed by atoms with Gasteiger partial charge in [0.2, 0.25) is 5.89 Å². The molecule has 1 aromatic carbocycles. The van der Waals surface area contributed by atoms with Gasteiger partial charge in [-0.05, 0) is 49.7 Å². The average molecular weight is 378 g/mol. The van der Waals surface area contributed by atoms with Crippen molar-refractivity contribution in [2.75, 3.05) is 0 Å². The monoisotopic (exact) mass is 377 g/mol. The predicted octanol–water partition coefficient (Wildman–Crippen LogP) is 4.41. The second-order valence-electron chi connectivity index (χ2n) is 5.33. The van der Waals surface area contributed by atoms with E-state index in [0.717, 1.165) is 11.3 Å². The largest absolute Gasteiger partial charge is 0.452 e. The van der Waals surface area contributed by atoms with E-state index in [-0.39, 0.29) is 23.2 Å². The number of rotatable bonds is 4. The summed E-state index contributed by atoms with van der Waals surface area (Å²) < 4.78 is 10.7. The lowest BCUT2D eigenvalue weighted by Crippen LogP contribution is -2.09. The minimum atomic E-state index is -0.596. The van der Waals surface area contributed by atoms with Crippen LogP contribution in [0.5, 0.6) is 0 Å². The van der Waals surface area contributed by atoms with Gasteiger partial charge in [-0.2, -0.15) is 0 Å². The number of benzene rings is 1. The molecule has 0 saturated carbocycles. The number of nitrogens with zero attached hydrogens (tertiary/aromatic N) is 3. The molecule has 0 radical (unpaired) electrons. The number of carbonyl (C=O) groups excluding carboxylic acids is 1. The van der Waals surface area contributed by atoms with Gasteiger partial charge >= 0.3 is 5.97 Å². The van der Waals surface area contributed by atoms with Crippen molar-refractivity contribution < 1.29 is 13.9 Å². The lowest BCUT2D eigenvalue weighted by atomic mass is 10.1. The van der Waals surface area contributed by atoms with Crippen LogP contribution in [0.2, 0.25) is 10.2 Å². The lowest BCUT2D eigenvalue weighted by Gasteiger charge is -2.07. The van der Waals surface area contributed by atoms with Crippen molar-refractivity contribution in [1.29, 1.82) is 0 Å². The fourth-order valence-corrected chi connectivity index (χ4v) is 2.74. The Hall–Kier alpha value is -2.44. The number of aryl methyl sites for hydroxylation is 2. The Morgan fingerprint density at radius 2 is 1.88 bits per heavy atom. The fourth-order valence-electron chi connectivity index (χ4n) is 2.26. The average Bonchev–Trinajstić information content (AvgIpc) is 3.01. The Morgan fingerprint density at radius 1 is 1.16 bits per heavy atom. The number of halogens is 2. The van der Waals surface area contributed by atoms with E-state index in [4.69, 9.17) is 32.4 Å². The topological polar surface area (TPSA) is 78.1 Å². The van der Waals surface area contributed by atoms with Gasteiger partial charge < -0.3 is 9.15 Å². The third kappa shape index (κ3) is 3.97. The smallest absolute Gasteiger partial charge is 0.342 e. The molecule has 8 heteroatoms. The summed E-state index contributed by atoms with van der Waals surface area (Å²) in [5.41, 5.74) is 2.36. The van der Waals surface area contributed by atoms with Crippen LogP contribution in [0.25, 0.3) is 11.5 Å². The van der Waals surface area contributed by atoms with E-state index in [1.54, 1.807) is 44.2 Å². The standard InChI is InChI=1S/C17H13Cl2N3O3/c1-9-7-10(2)20-15(19)14(9)17(23)24-8-13-21-22-16(25-13)11-3-5-12(18)6-4-11/h3-7H,8H2,1-2H3. The third-order valence-electron chi connectivity index (χ3n) is 3.39. The molecule has 0 bridgehead atoms. The second kappa shape index (κ2) is 7.21. The van der Waals surface area contributed by atoms with Gasteiger partial charge in [0, 0.05) is 16.3 Å². The van der Waals surface area contributed by atoms with Gasteiger partial charge in [-0.15, -0.1) is 10.2 Å². The highest BCUT2D eigenvalue weighted by molar-refractivity contribution is 6.32. The van der Waals surface area contributed by atoms with E-state index in [1.807, 2.05) is 0 Å². The maximum absolute atomic E-state index is 12.2. The minimum absolute atomic E-state index is 0.106. The fraction of sp³-hybridized carbons (Fsp3) is 0.176. The number of hydrogen-bond acceptors (Lipinski definition) is 6.